The Hall–Kier alpha value is -2.09. The standard InChI is InChI=1S/C17H20FN3O/c18-15-8-13(9-19)5-6-16(15)21-7-1-2-14(11-21)17(22)20-10-12-3-4-12/h5-6,8,12,14H,1-4,7,10-11H2,(H,20,22)/t14-/m1/s1. The van der Waals surface area contributed by atoms with E-state index in [0.29, 0.717) is 23.7 Å². The third-order valence-electron chi connectivity index (χ3n) is 4.47. The molecule has 2 fully saturated rings. The van der Waals surface area contributed by atoms with Crippen molar-refractivity contribution in [3.63, 3.8) is 0 Å². The van der Waals surface area contributed by atoms with Crippen molar-refractivity contribution >= 4 is 11.6 Å². The van der Waals surface area contributed by atoms with Gasteiger partial charge in [0.25, 0.3) is 0 Å². The van der Waals surface area contributed by atoms with E-state index in [4.69, 9.17) is 5.26 Å². The van der Waals surface area contributed by atoms with Gasteiger partial charge in [-0.25, -0.2) is 4.39 Å². The Morgan fingerprint density at radius 2 is 2.23 bits per heavy atom. The number of benzene rings is 1. The van der Waals surface area contributed by atoms with Gasteiger partial charge in [-0.15, -0.1) is 0 Å². The van der Waals surface area contributed by atoms with Crippen molar-refractivity contribution in [2.75, 3.05) is 24.5 Å². The van der Waals surface area contributed by atoms with E-state index >= 15 is 0 Å². The number of hydrogen-bond acceptors (Lipinski definition) is 3. The summed E-state index contributed by atoms with van der Waals surface area (Å²) in [5.41, 5.74) is 0.802. The second-order valence-corrected chi connectivity index (χ2v) is 6.25. The summed E-state index contributed by atoms with van der Waals surface area (Å²) >= 11 is 0. The molecule has 1 N–H and O–H groups in total. The highest BCUT2D eigenvalue weighted by Gasteiger charge is 2.29. The molecule has 4 nitrogen and oxygen atoms in total. The highest BCUT2D eigenvalue weighted by molar-refractivity contribution is 5.79. The van der Waals surface area contributed by atoms with E-state index in [9.17, 15) is 9.18 Å². The molecule has 0 aromatic heterocycles. The Bertz CT molecular complexity index is 606. The minimum absolute atomic E-state index is 0.0810. The predicted octanol–water partition coefficient (Wildman–Crippen LogP) is 2.44. The van der Waals surface area contributed by atoms with E-state index in [1.54, 1.807) is 12.1 Å². The van der Waals surface area contributed by atoms with Crippen LogP contribution in [0.5, 0.6) is 0 Å². The van der Waals surface area contributed by atoms with Crippen molar-refractivity contribution in [3.8, 4) is 6.07 Å². The number of rotatable bonds is 4. The van der Waals surface area contributed by atoms with E-state index in [1.165, 1.54) is 18.9 Å². The first-order valence-electron chi connectivity index (χ1n) is 7.89. The van der Waals surface area contributed by atoms with Crippen molar-refractivity contribution in [2.45, 2.75) is 25.7 Å². The van der Waals surface area contributed by atoms with Crippen LogP contribution in [0, 0.1) is 29.0 Å². The number of halogens is 1. The van der Waals surface area contributed by atoms with Gasteiger partial charge in [-0.3, -0.25) is 4.79 Å². The number of piperidine rings is 1. The van der Waals surface area contributed by atoms with Crippen molar-refractivity contribution in [2.24, 2.45) is 11.8 Å². The van der Waals surface area contributed by atoms with Gasteiger partial charge < -0.3 is 10.2 Å². The fourth-order valence-corrected chi connectivity index (χ4v) is 2.95. The van der Waals surface area contributed by atoms with Crippen LogP contribution in [0.1, 0.15) is 31.2 Å². The Balaban J connectivity index is 1.64. The van der Waals surface area contributed by atoms with Crippen LogP contribution in [-0.4, -0.2) is 25.5 Å². The molecule has 1 atom stereocenters. The monoisotopic (exact) mass is 301 g/mol. The van der Waals surface area contributed by atoms with Crippen molar-refractivity contribution in [1.82, 2.24) is 5.32 Å². The number of anilines is 1. The molecule has 1 aromatic carbocycles. The average molecular weight is 301 g/mol. The Morgan fingerprint density at radius 3 is 2.91 bits per heavy atom. The van der Waals surface area contributed by atoms with Crippen LogP contribution >= 0.6 is 0 Å². The van der Waals surface area contributed by atoms with Gasteiger partial charge in [0.1, 0.15) is 5.82 Å². The van der Waals surface area contributed by atoms with Crippen LogP contribution < -0.4 is 10.2 Å². The Labute approximate surface area is 129 Å². The lowest BCUT2D eigenvalue weighted by atomic mass is 9.96. The first kappa shape index (κ1) is 14.8. The summed E-state index contributed by atoms with van der Waals surface area (Å²) in [6, 6.07) is 6.45. The summed E-state index contributed by atoms with van der Waals surface area (Å²) in [6.45, 7) is 2.06. The molecule has 3 rings (SSSR count). The highest BCUT2D eigenvalue weighted by atomic mass is 19.1. The molecule has 0 unspecified atom stereocenters. The Morgan fingerprint density at radius 1 is 1.41 bits per heavy atom. The molecule has 0 radical (unpaired) electrons. The average Bonchev–Trinajstić information content (AvgIpc) is 3.37. The summed E-state index contributed by atoms with van der Waals surface area (Å²) in [6.07, 6.45) is 4.16. The number of nitrogens with one attached hydrogen (secondary N) is 1. The zero-order valence-electron chi connectivity index (χ0n) is 12.5. The molecule has 1 aliphatic carbocycles. The zero-order chi connectivity index (χ0) is 15.5. The topological polar surface area (TPSA) is 56.1 Å². The van der Waals surface area contributed by atoms with Crippen molar-refractivity contribution in [1.29, 1.82) is 5.26 Å². The first-order valence-corrected chi connectivity index (χ1v) is 7.89. The number of carbonyl (C=O) groups is 1. The zero-order valence-corrected chi connectivity index (χ0v) is 12.5. The largest absolute Gasteiger partial charge is 0.368 e. The van der Waals surface area contributed by atoms with E-state index in [-0.39, 0.29) is 11.8 Å². The van der Waals surface area contributed by atoms with Gasteiger partial charge in [0, 0.05) is 19.6 Å². The minimum Gasteiger partial charge on any atom is -0.368 e. The maximum atomic E-state index is 14.1. The fourth-order valence-electron chi connectivity index (χ4n) is 2.95. The number of carbonyl (C=O) groups excluding carboxylic acids is 1. The summed E-state index contributed by atoms with van der Waals surface area (Å²) < 4.78 is 14.1. The molecule has 5 heteroatoms. The molecule has 116 valence electrons. The summed E-state index contributed by atoms with van der Waals surface area (Å²) in [5, 5.41) is 11.8. The maximum Gasteiger partial charge on any atom is 0.224 e. The van der Waals surface area contributed by atoms with Gasteiger partial charge in [-0.05, 0) is 49.8 Å². The van der Waals surface area contributed by atoms with Crippen LogP contribution in [0.25, 0.3) is 0 Å². The van der Waals surface area contributed by atoms with E-state index in [1.807, 2.05) is 11.0 Å². The van der Waals surface area contributed by atoms with Gasteiger partial charge >= 0.3 is 0 Å². The quantitative estimate of drug-likeness (QED) is 0.929. The van der Waals surface area contributed by atoms with Gasteiger partial charge in [0.15, 0.2) is 0 Å². The van der Waals surface area contributed by atoms with Crippen LogP contribution in [-0.2, 0) is 4.79 Å². The smallest absolute Gasteiger partial charge is 0.224 e. The SMILES string of the molecule is N#Cc1ccc(N2CCC[C@@H](C(=O)NCC3CC3)C2)c(F)c1. The molecule has 1 aromatic rings. The summed E-state index contributed by atoms with van der Waals surface area (Å²) in [7, 11) is 0. The normalized spacial score (nSPS) is 21.3. The molecule has 1 heterocycles. The van der Waals surface area contributed by atoms with Crippen LogP contribution in [0.2, 0.25) is 0 Å². The lowest BCUT2D eigenvalue weighted by Crippen LogP contribution is -2.43. The molecule has 22 heavy (non-hydrogen) atoms. The summed E-state index contributed by atoms with van der Waals surface area (Å²) in [4.78, 5) is 14.1. The fraction of sp³-hybridized carbons (Fsp3) is 0.529. The van der Waals surface area contributed by atoms with Gasteiger partial charge in [0.2, 0.25) is 5.91 Å². The van der Waals surface area contributed by atoms with E-state index in [0.717, 1.165) is 25.9 Å². The lowest BCUT2D eigenvalue weighted by molar-refractivity contribution is -0.125. The third kappa shape index (κ3) is 3.38. The molecule has 0 bridgehead atoms. The van der Waals surface area contributed by atoms with E-state index in [2.05, 4.69) is 5.32 Å². The molecule has 0 spiro atoms. The molecular formula is C17H20FN3O. The number of amides is 1. The highest BCUT2D eigenvalue weighted by Crippen LogP contribution is 2.29. The number of nitrogens with zero attached hydrogens (tertiary/aromatic N) is 2. The van der Waals surface area contributed by atoms with Crippen LogP contribution in [0.4, 0.5) is 10.1 Å². The number of nitriles is 1. The van der Waals surface area contributed by atoms with Crippen molar-refractivity contribution < 1.29 is 9.18 Å². The van der Waals surface area contributed by atoms with Gasteiger partial charge in [0.05, 0.1) is 23.2 Å². The second-order valence-electron chi connectivity index (χ2n) is 6.25. The summed E-state index contributed by atoms with van der Waals surface area (Å²) in [5.74, 6) is 0.283. The molecule has 1 saturated heterocycles. The van der Waals surface area contributed by atoms with Crippen LogP contribution in [0.3, 0.4) is 0 Å². The molecular weight excluding hydrogens is 281 g/mol. The Kier molecular flexibility index (Phi) is 4.28. The third-order valence-corrected chi connectivity index (χ3v) is 4.47. The van der Waals surface area contributed by atoms with Crippen molar-refractivity contribution in [3.05, 3.63) is 29.6 Å². The lowest BCUT2D eigenvalue weighted by Gasteiger charge is -2.34. The molecule has 2 aliphatic rings. The van der Waals surface area contributed by atoms with Crippen LogP contribution in [0.15, 0.2) is 18.2 Å². The van der Waals surface area contributed by atoms with Gasteiger partial charge in [-0.2, -0.15) is 5.26 Å². The molecule has 1 aliphatic heterocycles. The first-order chi connectivity index (χ1) is 10.7. The molecule has 1 amide bonds. The minimum atomic E-state index is -0.391. The van der Waals surface area contributed by atoms with E-state index < -0.39 is 5.82 Å². The number of hydrogen-bond donors (Lipinski definition) is 1. The second kappa shape index (κ2) is 6.35. The maximum absolute atomic E-state index is 14.1. The molecule has 1 saturated carbocycles. The predicted molar refractivity (Wildman–Crippen MR) is 81.8 cm³/mol. The van der Waals surface area contributed by atoms with Gasteiger partial charge in [-0.1, -0.05) is 0 Å².